The van der Waals surface area contributed by atoms with Crippen molar-refractivity contribution in [1.82, 2.24) is 0 Å². The van der Waals surface area contributed by atoms with Crippen molar-refractivity contribution in [2.75, 3.05) is 0 Å². The molecule has 0 aliphatic rings. The second-order valence-electron chi connectivity index (χ2n) is 2.27. The van der Waals surface area contributed by atoms with Gasteiger partial charge >= 0.3 is 0 Å². The molecule has 1 heterocycles. The molecule has 0 amide bonds. The van der Waals surface area contributed by atoms with Crippen molar-refractivity contribution in [3.8, 4) is 0 Å². The molecule has 62 valence electrons. The zero-order valence-corrected chi connectivity index (χ0v) is 6.40. The molecule has 0 bridgehead atoms. The molecule has 12 heavy (non-hydrogen) atoms. The molecular formula is C9H9NO2. The molecule has 1 aromatic heterocycles. The highest BCUT2D eigenvalue weighted by atomic mass is 17.0. The number of fused-ring (bicyclic) bond motifs is 1. The van der Waals surface area contributed by atoms with E-state index in [0.717, 1.165) is 0 Å². The van der Waals surface area contributed by atoms with Crippen LogP contribution in [0.3, 0.4) is 0 Å². The summed E-state index contributed by atoms with van der Waals surface area (Å²) in [6, 6.07) is 10.3. The maximum atomic E-state index is 7.25. The van der Waals surface area contributed by atoms with Crippen molar-refractivity contribution >= 4 is 10.8 Å². The lowest BCUT2D eigenvalue weighted by Gasteiger charge is -1.88. The standard InChI is InChI=1S/C9H7N.H2O2/c1-2-4-9-7-10-6-5-8(9)3-1;1-2/h1-7H;1-2H. The average molecular weight is 163 g/mol. The smallest absolute Gasteiger partial charge is 0.174 e. The Bertz CT molecular complexity index is 284. The second-order valence-corrected chi connectivity index (χ2v) is 2.27. The van der Waals surface area contributed by atoms with Crippen LogP contribution in [-0.2, 0) is 0 Å². The number of benzene rings is 1. The summed E-state index contributed by atoms with van der Waals surface area (Å²) < 4.78 is 0. The molecule has 0 saturated heterocycles. The van der Waals surface area contributed by atoms with Gasteiger partial charge in [-0.15, -0.1) is 0 Å². The molecule has 0 spiro atoms. The third kappa shape index (κ3) is 1.78. The zero-order valence-electron chi connectivity index (χ0n) is 6.40. The SMILES string of the molecule is [O-]O.c1ccc2c[nH+]ccc2c1. The molecule has 0 unspecified atom stereocenters. The lowest BCUT2D eigenvalue weighted by molar-refractivity contribution is -0.670. The van der Waals surface area contributed by atoms with E-state index in [1.165, 1.54) is 10.8 Å². The Kier molecular flexibility index (Phi) is 3.19. The van der Waals surface area contributed by atoms with Crippen LogP contribution < -0.4 is 10.2 Å². The van der Waals surface area contributed by atoms with E-state index in [1.807, 2.05) is 24.5 Å². The van der Waals surface area contributed by atoms with Gasteiger partial charge in [-0.3, -0.25) is 0 Å². The van der Waals surface area contributed by atoms with E-state index < -0.39 is 0 Å². The Hall–Kier alpha value is -1.45. The molecule has 1 aromatic carbocycles. The Morgan fingerprint density at radius 3 is 2.33 bits per heavy atom. The summed E-state index contributed by atoms with van der Waals surface area (Å²) in [7, 11) is 0. The highest BCUT2D eigenvalue weighted by Gasteiger charge is 1.90. The predicted molar refractivity (Wildman–Crippen MR) is 43.1 cm³/mol. The van der Waals surface area contributed by atoms with Crippen LogP contribution >= 0.6 is 0 Å². The summed E-state index contributed by atoms with van der Waals surface area (Å²) in [6.45, 7) is 0. The van der Waals surface area contributed by atoms with Gasteiger partial charge < -0.3 is 10.5 Å². The normalized spacial score (nSPS) is 8.83. The number of aromatic nitrogens is 1. The van der Waals surface area contributed by atoms with Gasteiger partial charge in [0.2, 0.25) is 0 Å². The van der Waals surface area contributed by atoms with Crippen LogP contribution in [0.4, 0.5) is 0 Å². The van der Waals surface area contributed by atoms with Gasteiger partial charge in [-0.25, -0.2) is 4.98 Å². The van der Waals surface area contributed by atoms with Crippen LogP contribution in [0.25, 0.3) is 10.8 Å². The molecule has 0 fully saturated rings. The molecule has 0 aliphatic heterocycles. The van der Waals surface area contributed by atoms with Crippen LogP contribution in [0.5, 0.6) is 0 Å². The summed E-state index contributed by atoms with van der Waals surface area (Å²) in [4.78, 5) is 3.04. The quantitative estimate of drug-likeness (QED) is 0.453. The first kappa shape index (κ1) is 8.64. The van der Waals surface area contributed by atoms with Crippen LogP contribution in [0, 0.1) is 0 Å². The first-order valence-corrected chi connectivity index (χ1v) is 3.50. The Morgan fingerprint density at radius 2 is 1.67 bits per heavy atom. The lowest BCUT2D eigenvalue weighted by Crippen LogP contribution is -1.96. The molecule has 2 aromatic rings. The fourth-order valence-corrected chi connectivity index (χ4v) is 1.07. The van der Waals surface area contributed by atoms with Gasteiger partial charge in [-0.2, -0.15) is 0 Å². The third-order valence-electron chi connectivity index (χ3n) is 1.59. The van der Waals surface area contributed by atoms with Gasteiger partial charge in [-0.1, -0.05) is 18.2 Å². The van der Waals surface area contributed by atoms with E-state index in [4.69, 9.17) is 10.5 Å². The summed E-state index contributed by atoms with van der Waals surface area (Å²) >= 11 is 0. The molecule has 2 rings (SSSR count). The summed E-state index contributed by atoms with van der Waals surface area (Å²) in [5, 5.41) is 15.5. The largest absolute Gasteiger partial charge is 0.727 e. The monoisotopic (exact) mass is 163 g/mol. The molecule has 2 N–H and O–H groups in total. The molecule has 0 atom stereocenters. The number of nitrogens with one attached hydrogen (secondary N) is 1. The van der Waals surface area contributed by atoms with Crippen LogP contribution in [-0.4, -0.2) is 5.26 Å². The summed E-state index contributed by atoms with van der Waals surface area (Å²) in [5.74, 6) is 0. The molecule has 3 heteroatoms. The molecule has 0 aliphatic carbocycles. The lowest BCUT2D eigenvalue weighted by atomic mass is 10.2. The fourth-order valence-electron chi connectivity index (χ4n) is 1.07. The van der Waals surface area contributed by atoms with Crippen molar-refractivity contribution in [1.29, 1.82) is 0 Å². The molecular weight excluding hydrogens is 154 g/mol. The Labute approximate surface area is 69.9 Å². The Balaban J connectivity index is 0.000000336. The number of H-pyrrole nitrogens is 1. The van der Waals surface area contributed by atoms with Crippen molar-refractivity contribution in [2.45, 2.75) is 0 Å². The first-order chi connectivity index (χ1) is 5.97. The van der Waals surface area contributed by atoms with E-state index in [2.05, 4.69) is 23.2 Å². The van der Waals surface area contributed by atoms with Crippen LogP contribution in [0.2, 0.25) is 0 Å². The van der Waals surface area contributed by atoms with Gasteiger partial charge in [-0.05, 0) is 11.5 Å². The van der Waals surface area contributed by atoms with Crippen LogP contribution in [0.1, 0.15) is 0 Å². The molecule has 0 saturated carbocycles. The maximum Gasteiger partial charge on any atom is 0.174 e. The minimum absolute atomic E-state index is 1.25. The van der Waals surface area contributed by atoms with Crippen molar-refractivity contribution < 1.29 is 15.5 Å². The minimum atomic E-state index is 1.25. The summed E-state index contributed by atoms with van der Waals surface area (Å²) in [6.07, 6.45) is 3.93. The van der Waals surface area contributed by atoms with Gasteiger partial charge in [0.15, 0.2) is 12.4 Å². The van der Waals surface area contributed by atoms with E-state index in [9.17, 15) is 0 Å². The molecule has 3 nitrogen and oxygen atoms in total. The highest BCUT2D eigenvalue weighted by molar-refractivity contribution is 5.80. The van der Waals surface area contributed by atoms with Gasteiger partial charge in [0.05, 0.1) is 0 Å². The van der Waals surface area contributed by atoms with Crippen LogP contribution in [0.15, 0.2) is 42.7 Å². The van der Waals surface area contributed by atoms with Crippen molar-refractivity contribution in [2.24, 2.45) is 0 Å². The minimum Gasteiger partial charge on any atom is -0.727 e. The number of rotatable bonds is 0. The highest BCUT2D eigenvalue weighted by Crippen LogP contribution is 2.08. The number of hydrogen-bond acceptors (Lipinski definition) is 2. The second kappa shape index (κ2) is 4.43. The molecule has 0 radical (unpaired) electrons. The maximum absolute atomic E-state index is 7.25. The van der Waals surface area contributed by atoms with E-state index in [1.54, 1.807) is 0 Å². The topological polar surface area (TPSA) is 57.4 Å². The number of pyridine rings is 1. The van der Waals surface area contributed by atoms with Crippen molar-refractivity contribution in [3.63, 3.8) is 0 Å². The number of aromatic amines is 1. The van der Waals surface area contributed by atoms with Gasteiger partial charge in [0.1, 0.15) is 0 Å². The van der Waals surface area contributed by atoms with Crippen molar-refractivity contribution in [3.05, 3.63) is 42.7 Å². The predicted octanol–water partition coefficient (Wildman–Crippen LogP) is 0.474. The fraction of sp³-hybridized carbons (Fsp3) is 0. The average Bonchev–Trinajstić information content (AvgIpc) is 2.21. The van der Waals surface area contributed by atoms with Gasteiger partial charge in [0.25, 0.3) is 0 Å². The van der Waals surface area contributed by atoms with E-state index in [-0.39, 0.29) is 0 Å². The third-order valence-corrected chi connectivity index (χ3v) is 1.59. The summed E-state index contributed by atoms with van der Waals surface area (Å²) in [5.41, 5.74) is 0. The zero-order chi connectivity index (χ0) is 8.81. The van der Waals surface area contributed by atoms with E-state index in [0.29, 0.717) is 0 Å². The Morgan fingerprint density at radius 1 is 1.00 bits per heavy atom. The van der Waals surface area contributed by atoms with E-state index >= 15 is 0 Å². The first-order valence-electron chi connectivity index (χ1n) is 3.50. The van der Waals surface area contributed by atoms with Gasteiger partial charge in [0, 0.05) is 11.5 Å². The number of hydrogen-bond donors (Lipinski definition) is 1.